The molecule has 0 aromatic heterocycles. The summed E-state index contributed by atoms with van der Waals surface area (Å²) in [4.78, 5) is 1.50. The van der Waals surface area contributed by atoms with Crippen LogP contribution >= 0.6 is 11.8 Å². The molecule has 3 heteroatoms. The Labute approximate surface area is 94.1 Å². The van der Waals surface area contributed by atoms with Gasteiger partial charge in [0.25, 0.3) is 0 Å². The van der Waals surface area contributed by atoms with E-state index >= 15 is 0 Å². The SMILES string of the molecule is c1ccc(C2NC3=C(CNCC3)S2)cc1. The summed E-state index contributed by atoms with van der Waals surface area (Å²) in [6.07, 6.45) is 1.14. The van der Waals surface area contributed by atoms with Gasteiger partial charge in [0, 0.05) is 30.1 Å². The lowest BCUT2D eigenvalue weighted by Crippen LogP contribution is -2.25. The Morgan fingerprint density at radius 3 is 2.87 bits per heavy atom. The van der Waals surface area contributed by atoms with Crippen LogP contribution < -0.4 is 10.6 Å². The second kappa shape index (κ2) is 3.91. The molecule has 0 saturated carbocycles. The van der Waals surface area contributed by atoms with Gasteiger partial charge < -0.3 is 10.6 Å². The van der Waals surface area contributed by atoms with Gasteiger partial charge in [-0.15, -0.1) is 0 Å². The average Bonchev–Trinajstić information content (AvgIpc) is 2.74. The van der Waals surface area contributed by atoms with Crippen LogP contribution in [0, 0.1) is 0 Å². The van der Waals surface area contributed by atoms with Crippen molar-refractivity contribution in [3.63, 3.8) is 0 Å². The van der Waals surface area contributed by atoms with Gasteiger partial charge in [0.05, 0.1) is 0 Å². The number of benzene rings is 1. The Balaban J connectivity index is 1.79. The number of rotatable bonds is 1. The van der Waals surface area contributed by atoms with Crippen LogP contribution in [0.3, 0.4) is 0 Å². The Morgan fingerprint density at radius 2 is 2.07 bits per heavy atom. The van der Waals surface area contributed by atoms with Crippen LogP contribution in [-0.4, -0.2) is 13.1 Å². The van der Waals surface area contributed by atoms with Crippen molar-refractivity contribution in [3.8, 4) is 0 Å². The quantitative estimate of drug-likeness (QED) is 0.756. The molecule has 1 atom stereocenters. The molecule has 2 nitrogen and oxygen atoms in total. The predicted octanol–water partition coefficient (Wildman–Crippen LogP) is 2.23. The monoisotopic (exact) mass is 218 g/mol. The van der Waals surface area contributed by atoms with E-state index in [4.69, 9.17) is 0 Å². The highest BCUT2D eigenvalue weighted by Crippen LogP contribution is 2.41. The van der Waals surface area contributed by atoms with Crippen molar-refractivity contribution in [2.24, 2.45) is 0 Å². The molecule has 1 aromatic rings. The first-order valence-corrected chi connectivity index (χ1v) is 6.22. The van der Waals surface area contributed by atoms with Crippen LogP contribution in [0.1, 0.15) is 17.4 Å². The number of hydrogen-bond donors (Lipinski definition) is 2. The fraction of sp³-hybridized carbons (Fsp3) is 0.333. The molecular formula is C12H14N2S. The third-order valence-electron chi connectivity index (χ3n) is 2.84. The van der Waals surface area contributed by atoms with Crippen molar-refractivity contribution < 1.29 is 0 Å². The standard InChI is InChI=1S/C12H14N2S/c1-2-4-9(5-3-1)12-14-10-6-7-13-8-11(10)15-12/h1-5,12-14H,6-8H2. The van der Waals surface area contributed by atoms with E-state index in [0.29, 0.717) is 5.37 Å². The van der Waals surface area contributed by atoms with E-state index in [1.807, 2.05) is 11.8 Å². The Morgan fingerprint density at radius 1 is 1.20 bits per heavy atom. The van der Waals surface area contributed by atoms with E-state index in [0.717, 1.165) is 19.5 Å². The highest BCUT2D eigenvalue weighted by molar-refractivity contribution is 8.03. The van der Waals surface area contributed by atoms with Crippen molar-refractivity contribution in [2.75, 3.05) is 13.1 Å². The molecule has 2 aliphatic rings. The number of nitrogens with one attached hydrogen (secondary N) is 2. The second-order valence-electron chi connectivity index (χ2n) is 3.88. The van der Waals surface area contributed by atoms with Crippen LogP contribution in [0.4, 0.5) is 0 Å². The first kappa shape index (κ1) is 9.31. The van der Waals surface area contributed by atoms with Gasteiger partial charge in [-0.05, 0) is 5.56 Å². The molecular weight excluding hydrogens is 204 g/mol. The smallest absolute Gasteiger partial charge is 0.102 e. The number of thioether (sulfide) groups is 1. The summed E-state index contributed by atoms with van der Waals surface area (Å²) < 4.78 is 0. The zero-order valence-corrected chi connectivity index (χ0v) is 9.31. The van der Waals surface area contributed by atoms with E-state index < -0.39 is 0 Å². The summed E-state index contributed by atoms with van der Waals surface area (Å²) in [6.45, 7) is 2.14. The molecule has 0 spiro atoms. The lowest BCUT2D eigenvalue weighted by atomic mass is 10.2. The topological polar surface area (TPSA) is 24.1 Å². The van der Waals surface area contributed by atoms with Crippen molar-refractivity contribution in [2.45, 2.75) is 11.8 Å². The zero-order chi connectivity index (χ0) is 10.1. The zero-order valence-electron chi connectivity index (χ0n) is 8.49. The maximum Gasteiger partial charge on any atom is 0.102 e. The number of hydrogen-bond acceptors (Lipinski definition) is 3. The van der Waals surface area contributed by atoms with Crippen LogP contribution in [0.5, 0.6) is 0 Å². The van der Waals surface area contributed by atoms with Crippen LogP contribution in [0.2, 0.25) is 0 Å². The Bertz CT molecular complexity index is 368. The molecule has 2 aliphatic heterocycles. The van der Waals surface area contributed by atoms with E-state index in [1.165, 1.54) is 16.2 Å². The van der Waals surface area contributed by atoms with Gasteiger partial charge in [-0.2, -0.15) is 0 Å². The molecule has 15 heavy (non-hydrogen) atoms. The molecule has 2 N–H and O–H groups in total. The van der Waals surface area contributed by atoms with Crippen molar-refractivity contribution >= 4 is 11.8 Å². The summed E-state index contributed by atoms with van der Waals surface area (Å²) in [6, 6.07) is 10.7. The fourth-order valence-corrected chi connectivity index (χ4v) is 3.30. The Hall–Kier alpha value is -0.930. The molecule has 0 saturated heterocycles. The van der Waals surface area contributed by atoms with Crippen LogP contribution in [-0.2, 0) is 0 Å². The average molecular weight is 218 g/mol. The van der Waals surface area contributed by atoms with Crippen molar-refractivity contribution in [1.82, 2.24) is 10.6 Å². The lowest BCUT2D eigenvalue weighted by molar-refractivity contribution is 0.651. The molecule has 1 unspecified atom stereocenters. The van der Waals surface area contributed by atoms with E-state index in [9.17, 15) is 0 Å². The van der Waals surface area contributed by atoms with Gasteiger partial charge in [-0.3, -0.25) is 0 Å². The molecule has 2 heterocycles. The molecule has 0 fully saturated rings. The molecule has 0 radical (unpaired) electrons. The summed E-state index contributed by atoms with van der Waals surface area (Å²) >= 11 is 1.95. The third-order valence-corrected chi connectivity index (χ3v) is 4.14. The highest BCUT2D eigenvalue weighted by Gasteiger charge is 2.26. The first-order chi connectivity index (χ1) is 7.43. The largest absolute Gasteiger partial charge is 0.372 e. The van der Waals surface area contributed by atoms with Crippen LogP contribution in [0.15, 0.2) is 40.9 Å². The van der Waals surface area contributed by atoms with E-state index in [1.54, 1.807) is 0 Å². The molecule has 0 amide bonds. The summed E-state index contributed by atoms with van der Waals surface area (Å²) in [5.74, 6) is 0. The minimum absolute atomic E-state index is 0.427. The van der Waals surface area contributed by atoms with Gasteiger partial charge in [0.15, 0.2) is 0 Å². The summed E-state index contributed by atoms with van der Waals surface area (Å²) in [5, 5.41) is 7.45. The Kier molecular flexibility index (Phi) is 2.43. The third kappa shape index (κ3) is 1.77. The predicted molar refractivity (Wildman–Crippen MR) is 64.4 cm³/mol. The molecule has 0 bridgehead atoms. The minimum atomic E-state index is 0.427. The second-order valence-corrected chi connectivity index (χ2v) is 5.08. The minimum Gasteiger partial charge on any atom is -0.372 e. The van der Waals surface area contributed by atoms with Gasteiger partial charge in [-0.25, -0.2) is 0 Å². The molecule has 78 valence electrons. The van der Waals surface area contributed by atoms with Crippen LogP contribution in [0.25, 0.3) is 0 Å². The molecule has 1 aromatic carbocycles. The fourth-order valence-electron chi connectivity index (χ4n) is 2.04. The first-order valence-electron chi connectivity index (χ1n) is 5.34. The summed E-state index contributed by atoms with van der Waals surface area (Å²) in [7, 11) is 0. The van der Waals surface area contributed by atoms with Gasteiger partial charge >= 0.3 is 0 Å². The van der Waals surface area contributed by atoms with Gasteiger partial charge in [0.1, 0.15) is 5.37 Å². The lowest BCUT2D eigenvalue weighted by Gasteiger charge is -2.14. The normalized spacial score (nSPS) is 24.9. The maximum atomic E-state index is 3.61. The maximum absolute atomic E-state index is 3.61. The summed E-state index contributed by atoms with van der Waals surface area (Å²) in [5.41, 5.74) is 2.82. The van der Waals surface area contributed by atoms with Gasteiger partial charge in [-0.1, -0.05) is 42.1 Å². The molecule has 0 aliphatic carbocycles. The molecule has 3 rings (SSSR count). The highest BCUT2D eigenvalue weighted by atomic mass is 32.2. The van der Waals surface area contributed by atoms with Crippen molar-refractivity contribution in [1.29, 1.82) is 0 Å². The van der Waals surface area contributed by atoms with Crippen molar-refractivity contribution in [3.05, 3.63) is 46.5 Å². The van der Waals surface area contributed by atoms with Gasteiger partial charge in [0.2, 0.25) is 0 Å². The van der Waals surface area contributed by atoms with E-state index in [2.05, 4.69) is 41.0 Å². The van der Waals surface area contributed by atoms with E-state index in [-0.39, 0.29) is 0 Å².